The van der Waals surface area contributed by atoms with Crippen LogP contribution in [0, 0.1) is 5.92 Å². The molecule has 29 heavy (non-hydrogen) atoms. The highest BCUT2D eigenvalue weighted by Gasteiger charge is 2.46. The molecule has 0 aliphatic carbocycles. The third-order valence-electron chi connectivity index (χ3n) is 5.24. The van der Waals surface area contributed by atoms with E-state index in [0.29, 0.717) is 19.6 Å². The van der Waals surface area contributed by atoms with Crippen molar-refractivity contribution in [3.05, 3.63) is 54.4 Å². The highest BCUT2D eigenvalue weighted by atomic mass is 16.5. The van der Waals surface area contributed by atoms with Crippen molar-refractivity contribution in [2.45, 2.75) is 25.9 Å². The second-order valence-corrected chi connectivity index (χ2v) is 8.07. The summed E-state index contributed by atoms with van der Waals surface area (Å²) in [6, 6.07) is 12.0. The minimum atomic E-state index is -1.06. The van der Waals surface area contributed by atoms with E-state index in [1.165, 1.54) is 0 Å². The third-order valence-corrected chi connectivity index (χ3v) is 5.24. The van der Waals surface area contributed by atoms with Crippen LogP contribution in [0.3, 0.4) is 0 Å². The number of likely N-dealkylation sites (N-methyl/N-ethyl adjacent to an activating group) is 1. The maximum atomic E-state index is 13.1. The van der Waals surface area contributed by atoms with E-state index in [4.69, 9.17) is 4.74 Å². The Bertz CT molecular complexity index is 849. The van der Waals surface area contributed by atoms with Crippen LogP contribution in [-0.4, -0.2) is 66.0 Å². The van der Waals surface area contributed by atoms with E-state index in [0.717, 1.165) is 16.7 Å². The number of hydrogen-bond donors (Lipinski definition) is 0. The van der Waals surface area contributed by atoms with Gasteiger partial charge >= 0.3 is 0 Å². The van der Waals surface area contributed by atoms with Crippen molar-refractivity contribution >= 4 is 11.8 Å². The number of morpholine rings is 1. The molecule has 6 nitrogen and oxygen atoms in total. The Labute approximate surface area is 172 Å². The molecule has 1 atom stereocenters. The van der Waals surface area contributed by atoms with Gasteiger partial charge in [-0.25, -0.2) is 0 Å². The zero-order chi connectivity index (χ0) is 21.0. The Kier molecular flexibility index (Phi) is 6.33. The molecule has 2 aromatic rings. The van der Waals surface area contributed by atoms with E-state index in [-0.39, 0.29) is 24.3 Å². The molecule has 0 bridgehead atoms. The summed E-state index contributed by atoms with van der Waals surface area (Å²) in [5.74, 6) is -0.172. The highest BCUT2D eigenvalue weighted by Crippen LogP contribution is 2.28. The maximum absolute atomic E-state index is 13.1. The molecule has 1 aliphatic heterocycles. The van der Waals surface area contributed by atoms with Crippen LogP contribution in [0.1, 0.15) is 19.4 Å². The standard InChI is InChI=1S/C23H29N3O3/c1-17(2)21(27)26-13-14-29-23(16-26,22(28)25(3)4)15-18-5-7-19(8-6-18)20-9-11-24-12-10-20/h5-12,17H,13-16H2,1-4H3/t23-/m1/s1. The molecular weight excluding hydrogens is 366 g/mol. The Balaban J connectivity index is 1.86. The molecule has 0 radical (unpaired) electrons. The Morgan fingerprint density at radius 1 is 1.10 bits per heavy atom. The monoisotopic (exact) mass is 395 g/mol. The van der Waals surface area contributed by atoms with Gasteiger partial charge in [-0.05, 0) is 28.8 Å². The zero-order valence-corrected chi connectivity index (χ0v) is 17.6. The van der Waals surface area contributed by atoms with Crippen molar-refractivity contribution in [1.29, 1.82) is 0 Å². The quantitative estimate of drug-likeness (QED) is 0.781. The molecule has 0 N–H and O–H groups in total. The molecule has 6 heteroatoms. The summed E-state index contributed by atoms with van der Waals surface area (Å²) in [5.41, 5.74) is 2.11. The minimum Gasteiger partial charge on any atom is -0.361 e. The van der Waals surface area contributed by atoms with Gasteiger partial charge < -0.3 is 14.5 Å². The second-order valence-electron chi connectivity index (χ2n) is 8.07. The number of amides is 2. The maximum Gasteiger partial charge on any atom is 0.256 e. The molecule has 2 heterocycles. The van der Waals surface area contributed by atoms with E-state index >= 15 is 0 Å². The van der Waals surface area contributed by atoms with Gasteiger partial charge in [0.1, 0.15) is 0 Å². The minimum absolute atomic E-state index is 0.0530. The lowest BCUT2D eigenvalue weighted by Crippen LogP contribution is -2.62. The van der Waals surface area contributed by atoms with E-state index in [2.05, 4.69) is 4.98 Å². The zero-order valence-electron chi connectivity index (χ0n) is 17.6. The average molecular weight is 396 g/mol. The molecule has 1 saturated heterocycles. The van der Waals surface area contributed by atoms with Gasteiger partial charge in [-0.15, -0.1) is 0 Å². The van der Waals surface area contributed by atoms with Crippen molar-refractivity contribution in [2.75, 3.05) is 33.8 Å². The largest absolute Gasteiger partial charge is 0.361 e. The number of pyridine rings is 1. The summed E-state index contributed by atoms with van der Waals surface area (Å²) in [6.45, 7) is 4.90. The molecule has 154 valence electrons. The van der Waals surface area contributed by atoms with Gasteiger partial charge in [-0.1, -0.05) is 38.1 Å². The smallest absolute Gasteiger partial charge is 0.256 e. The van der Waals surface area contributed by atoms with Gasteiger partial charge in [-0.3, -0.25) is 14.6 Å². The van der Waals surface area contributed by atoms with Crippen molar-refractivity contribution in [3.63, 3.8) is 0 Å². The molecule has 3 rings (SSSR count). The summed E-state index contributed by atoms with van der Waals surface area (Å²) in [6.07, 6.45) is 3.96. The van der Waals surface area contributed by atoms with Crippen LogP contribution in [0.4, 0.5) is 0 Å². The Morgan fingerprint density at radius 2 is 1.72 bits per heavy atom. The number of benzene rings is 1. The van der Waals surface area contributed by atoms with E-state index in [1.54, 1.807) is 36.3 Å². The van der Waals surface area contributed by atoms with Gasteiger partial charge in [0.25, 0.3) is 5.91 Å². The van der Waals surface area contributed by atoms with Crippen molar-refractivity contribution in [3.8, 4) is 11.1 Å². The highest BCUT2D eigenvalue weighted by molar-refractivity contribution is 5.87. The summed E-state index contributed by atoms with van der Waals surface area (Å²) in [4.78, 5) is 33.0. The first-order valence-corrected chi connectivity index (χ1v) is 9.96. The Morgan fingerprint density at radius 3 is 2.31 bits per heavy atom. The number of nitrogens with zero attached hydrogens (tertiary/aromatic N) is 3. The summed E-state index contributed by atoms with van der Waals surface area (Å²) < 4.78 is 6.07. The number of aromatic nitrogens is 1. The van der Waals surface area contributed by atoms with Crippen molar-refractivity contribution < 1.29 is 14.3 Å². The first-order valence-electron chi connectivity index (χ1n) is 9.96. The number of ether oxygens (including phenoxy) is 1. The summed E-state index contributed by atoms with van der Waals surface area (Å²) in [7, 11) is 3.45. The van der Waals surface area contributed by atoms with Gasteiger partial charge in [-0.2, -0.15) is 0 Å². The lowest BCUT2D eigenvalue weighted by molar-refractivity contribution is -0.173. The number of carbonyl (C=O) groups is 2. The van der Waals surface area contributed by atoms with Crippen LogP contribution in [0.5, 0.6) is 0 Å². The van der Waals surface area contributed by atoms with Gasteiger partial charge in [0.15, 0.2) is 5.60 Å². The molecule has 0 saturated carbocycles. The predicted molar refractivity (Wildman–Crippen MR) is 112 cm³/mol. The number of carbonyl (C=O) groups excluding carboxylic acids is 2. The molecule has 1 aromatic heterocycles. The first kappa shape index (κ1) is 21.0. The van der Waals surface area contributed by atoms with E-state index < -0.39 is 5.60 Å². The van der Waals surface area contributed by atoms with Gasteiger partial charge in [0, 0.05) is 45.4 Å². The van der Waals surface area contributed by atoms with Crippen molar-refractivity contribution in [2.24, 2.45) is 5.92 Å². The van der Waals surface area contributed by atoms with Crippen LogP contribution < -0.4 is 0 Å². The fraction of sp³-hybridized carbons (Fsp3) is 0.435. The van der Waals surface area contributed by atoms with Crippen molar-refractivity contribution in [1.82, 2.24) is 14.8 Å². The van der Waals surface area contributed by atoms with E-state index in [1.807, 2.05) is 50.2 Å². The summed E-state index contributed by atoms with van der Waals surface area (Å²) in [5, 5.41) is 0. The first-order chi connectivity index (χ1) is 13.8. The second kappa shape index (κ2) is 8.74. The third kappa shape index (κ3) is 4.65. The van der Waals surface area contributed by atoms with E-state index in [9.17, 15) is 9.59 Å². The predicted octanol–water partition coefficient (Wildman–Crippen LogP) is 2.63. The molecule has 1 aromatic carbocycles. The fourth-order valence-corrected chi connectivity index (χ4v) is 3.75. The molecule has 1 aliphatic rings. The fourth-order valence-electron chi connectivity index (χ4n) is 3.75. The lowest BCUT2D eigenvalue weighted by atomic mass is 9.89. The summed E-state index contributed by atoms with van der Waals surface area (Å²) >= 11 is 0. The molecule has 0 unspecified atom stereocenters. The van der Waals surface area contributed by atoms with Crippen LogP contribution in [0.15, 0.2) is 48.8 Å². The van der Waals surface area contributed by atoms with Crippen LogP contribution in [0.2, 0.25) is 0 Å². The van der Waals surface area contributed by atoms with Crippen LogP contribution in [-0.2, 0) is 20.7 Å². The number of hydrogen-bond acceptors (Lipinski definition) is 4. The normalized spacial score (nSPS) is 19.3. The molecule has 2 amide bonds. The molecule has 1 fully saturated rings. The topological polar surface area (TPSA) is 62.7 Å². The Hall–Kier alpha value is -2.73. The van der Waals surface area contributed by atoms with Crippen LogP contribution in [0.25, 0.3) is 11.1 Å². The lowest BCUT2D eigenvalue weighted by Gasteiger charge is -2.43. The molecule has 0 spiro atoms. The molecular formula is C23H29N3O3. The average Bonchev–Trinajstić information content (AvgIpc) is 2.73. The van der Waals surface area contributed by atoms with Gasteiger partial charge in [0.05, 0.1) is 13.2 Å². The van der Waals surface area contributed by atoms with Gasteiger partial charge in [0.2, 0.25) is 5.91 Å². The van der Waals surface area contributed by atoms with Crippen LogP contribution >= 0.6 is 0 Å². The SMILES string of the molecule is CC(C)C(=O)N1CCO[C@@](Cc2ccc(-c3ccncc3)cc2)(C(=O)N(C)C)C1. The number of rotatable bonds is 5.